The van der Waals surface area contributed by atoms with E-state index < -0.39 is 10.0 Å². The number of carbonyl (C=O) groups excluding carboxylic acids is 1. The number of amides is 1. The lowest BCUT2D eigenvalue weighted by molar-refractivity contribution is -0.130. The molecule has 7 nitrogen and oxygen atoms in total. The molecule has 1 amide bonds. The maximum absolute atomic E-state index is 13.7. The third kappa shape index (κ3) is 5.82. The zero-order chi connectivity index (χ0) is 25.5. The van der Waals surface area contributed by atoms with Crippen molar-refractivity contribution in [2.24, 2.45) is 5.92 Å². The lowest BCUT2D eigenvalue weighted by atomic mass is 9.90. The second-order valence-corrected chi connectivity index (χ2v) is 10.7. The van der Waals surface area contributed by atoms with E-state index in [0.29, 0.717) is 36.2 Å². The number of benzene rings is 3. The fraction of sp³-hybridized carbons (Fsp3) is 0.321. The van der Waals surface area contributed by atoms with Crippen molar-refractivity contribution in [3.8, 4) is 11.5 Å². The molecule has 36 heavy (non-hydrogen) atoms. The van der Waals surface area contributed by atoms with Crippen LogP contribution in [0.25, 0.3) is 0 Å². The van der Waals surface area contributed by atoms with Gasteiger partial charge in [-0.15, -0.1) is 0 Å². The van der Waals surface area contributed by atoms with Gasteiger partial charge in [-0.1, -0.05) is 42.5 Å². The maximum atomic E-state index is 13.7. The van der Waals surface area contributed by atoms with Crippen LogP contribution in [0.5, 0.6) is 11.5 Å². The number of carbonyl (C=O) groups is 1. The summed E-state index contributed by atoms with van der Waals surface area (Å²) in [5.41, 5.74) is 1.62. The van der Waals surface area contributed by atoms with Crippen molar-refractivity contribution in [1.82, 2.24) is 4.90 Å². The van der Waals surface area contributed by atoms with Gasteiger partial charge in [-0.05, 0) is 67.1 Å². The van der Waals surface area contributed by atoms with E-state index in [2.05, 4.69) is 12.1 Å². The molecule has 0 aliphatic carbocycles. The van der Waals surface area contributed by atoms with Crippen molar-refractivity contribution >= 4 is 21.6 Å². The lowest BCUT2D eigenvalue weighted by Gasteiger charge is -2.34. The summed E-state index contributed by atoms with van der Waals surface area (Å²) in [6.07, 6.45) is 2.77. The average Bonchev–Trinajstić information content (AvgIpc) is 2.92. The first kappa shape index (κ1) is 25.6. The van der Waals surface area contributed by atoms with Crippen molar-refractivity contribution in [3.63, 3.8) is 0 Å². The van der Waals surface area contributed by atoms with Crippen molar-refractivity contribution in [1.29, 1.82) is 0 Å². The number of sulfonamides is 1. The van der Waals surface area contributed by atoms with E-state index >= 15 is 0 Å². The number of anilines is 1. The van der Waals surface area contributed by atoms with Crippen LogP contribution in [-0.2, 0) is 21.2 Å². The summed E-state index contributed by atoms with van der Waals surface area (Å²) in [6, 6.07) is 23.3. The summed E-state index contributed by atoms with van der Waals surface area (Å²) in [6.45, 7) is 0.912. The van der Waals surface area contributed by atoms with Crippen LogP contribution in [-0.4, -0.2) is 53.1 Å². The number of hydrogen-bond acceptors (Lipinski definition) is 5. The average molecular weight is 509 g/mol. The molecule has 190 valence electrons. The van der Waals surface area contributed by atoms with Gasteiger partial charge in [-0.2, -0.15) is 0 Å². The first-order valence-corrected chi connectivity index (χ1v) is 13.5. The van der Waals surface area contributed by atoms with Gasteiger partial charge in [0.05, 0.1) is 24.8 Å². The van der Waals surface area contributed by atoms with Crippen LogP contribution in [0.1, 0.15) is 18.4 Å². The van der Waals surface area contributed by atoms with Gasteiger partial charge in [0.25, 0.3) is 10.0 Å². The monoisotopic (exact) mass is 508 g/mol. The molecule has 4 rings (SSSR count). The highest BCUT2D eigenvalue weighted by Crippen LogP contribution is 2.33. The number of hydrogen-bond donors (Lipinski definition) is 0. The van der Waals surface area contributed by atoms with Crippen LogP contribution in [0.3, 0.4) is 0 Å². The SMILES string of the molecule is COc1ccc(S(=O)(=O)N(CC(=O)N2CCC(Cc3ccccc3)CC2)c2ccccc2OC)cc1. The molecule has 0 radical (unpaired) electrons. The molecule has 8 heteroatoms. The predicted octanol–water partition coefficient (Wildman–Crippen LogP) is 4.38. The summed E-state index contributed by atoms with van der Waals surface area (Å²) in [7, 11) is -1.04. The topological polar surface area (TPSA) is 76.2 Å². The smallest absolute Gasteiger partial charge is 0.264 e. The number of nitrogens with zero attached hydrogens (tertiary/aromatic N) is 2. The number of likely N-dealkylation sites (tertiary alicyclic amines) is 1. The molecule has 0 aromatic heterocycles. The van der Waals surface area contributed by atoms with Gasteiger partial charge in [0.2, 0.25) is 5.91 Å². The Morgan fingerprint density at radius 3 is 2.17 bits per heavy atom. The Balaban J connectivity index is 1.53. The quantitative estimate of drug-likeness (QED) is 0.429. The molecule has 1 saturated heterocycles. The van der Waals surface area contributed by atoms with Crippen LogP contribution >= 0.6 is 0 Å². The van der Waals surface area contributed by atoms with E-state index in [-0.39, 0.29) is 17.3 Å². The van der Waals surface area contributed by atoms with Crippen LogP contribution < -0.4 is 13.8 Å². The zero-order valence-corrected chi connectivity index (χ0v) is 21.5. The molecular formula is C28H32N2O5S. The Hall–Kier alpha value is -3.52. The van der Waals surface area contributed by atoms with E-state index in [1.165, 1.54) is 31.9 Å². The molecule has 1 aliphatic heterocycles. The molecule has 1 fully saturated rings. The van der Waals surface area contributed by atoms with E-state index in [1.54, 1.807) is 41.3 Å². The molecule has 1 heterocycles. The first-order chi connectivity index (χ1) is 17.4. The highest BCUT2D eigenvalue weighted by molar-refractivity contribution is 7.92. The van der Waals surface area contributed by atoms with Crippen LogP contribution in [0.15, 0.2) is 83.8 Å². The molecule has 0 unspecified atom stereocenters. The number of para-hydroxylation sites is 2. The largest absolute Gasteiger partial charge is 0.497 e. The first-order valence-electron chi connectivity index (χ1n) is 12.0. The van der Waals surface area contributed by atoms with Gasteiger partial charge in [-0.25, -0.2) is 8.42 Å². The second-order valence-electron chi connectivity index (χ2n) is 8.87. The predicted molar refractivity (Wildman–Crippen MR) is 140 cm³/mol. The zero-order valence-electron chi connectivity index (χ0n) is 20.7. The van der Waals surface area contributed by atoms with Gasteiger partial charge in [0.1, 0.15) is 18.0 Å². The standard InChI is InChI=1S/C28H32N2O5S/c1-34-24-12-14-25(15-13-24)36(32,33)30(26-10-6-7-11-27(26)35-2)21-28(31)29-18-16-23(17-19-29)20-22-8-4-3-5-9-22/h3-15,23H,16-21H2,1-2H3. The van der Waals surface area contributed by atoms with Crippen LogP contribution in [0.2, 0.25) is 0 Å². The Morgan fingerprint density at radius 2 is 1.53 bits per heavy atom. The fourth-order valence-electron chi connectivity index (χ4n) is 4.57. The third-order valence-corrected chi connectivity index (χ3v) is 8.39. The number of piperidine rings is 1. The summed E-state index contributed by atoms with van der Waals surface area (Å²) in [5.74, 6) is 1.21. The highest BCUT2D eigenvalue weighted by Gasteiger charge is 2.32. The number of methoxy groups -OCH3 is 2. The Kier molecular flexibility index (Phi) is 8.15. The summed E-state index contributed by atoms with van der Waals surface area (Å²) in [4.78, 5) is 15.2. The molecule has 1 aliphatic rings. The Labute approximate surface area is 213 Å². The minimum absolute atomic E-state index is 0.0728. The summed E-state index contributed by atoms with van der Waals surface area (Å²) in [5, 5.41) is 0. The molecule has 3 aromatic carbocycles. The van der Waals surface area contributed by atoms with Crippen molar-refractivity contribution < 1.29 is 22.7 Å². The minimum atomic E-state index is -4.05. The van der Waals surface area contributed by atoms with Gasteiger partial charge >= 0.3 is 0 Å². The van der Waals surface area contributed by atoms with Gasteiger partial charge in [0, 0.05) is 13.1 Å². The Morgan fingerprint density at radius 1 is 0.889 bits per heavy atom. The Bertz CT molecular complexity index is 1250. The van der Waals surface area contributed by atoms with Gasteiger partial charge in [0.15, 0.2) is 0 Å². The van der Waals surface area contributed by atoms with E-state index in [1.807, 2.05) is 18.2 Å². The molecule has 0 spiro atoms. The molecule has 3 aromatic rings. The van der Waals surface area contributed by atoms with Crippen LogP contribution in [0, 0.1) is 5.92 Å². The summed E-state index contributed by atoms with van der Waals surface area (Å²) < 4.78 is 39.2. The molecule has 0 N–H and O–H groups in total. The van der Waals surface area contributed by atoms with E-state index in [9.17, 15) is 13.2 Å². The number of rotatable bonds is 9. The highest BCUT2D eigenvalue weighted by atomic mass is 32.2. The van der Waals surface area contributed by atoms with Crippen molar-refractivity contribution in [2.45, 2.75) is 24.2 Å². The lowest BCUT2D eigenvalue weighted by Crippen LogP contribution is -2.46. The summed E-state index contributed by atoms with van der Waals surface area (Å²) >= 11 is 0. The van der Waals surface area contributed by atoms with E-state index in [0.717, 1.165) is 23.6 Å². The van der Waals surface area contributed by atoms with Crippen molar-refractivity contribution in [2.75, 3.05) is 38.2 Å². The van der Waals surface area contributed by atoms with Gasteiger partial charge < -0.3 is 14.4 Å². The van der Waals surface area contributed by atoms with Crippen LogP contribution in [0.4, 0.5) is 5.69 Å². The normalized spacial score (nSPS) is 14.3. The molecule has 0 bridgehead atoms. The van der Waals surface area contributed by atoms with E-state index in [4.69, 9.17) is 9.47 Å². The fourth-order valence-corrected chi connectivity index (χ4v) is 5.99. The maximum Gasteiger partial charge on any atom is 0.264 e. The molecule has 0 atom stereocenters. The molecular weight excluding hydrogens is 476 g/mol. The third-order valence-electron chi connectivity index (χ3n) is 6.61. The number of ether oxygens (including phenoxy) is 2. The van der Waals surface area contributed by atoms with Gasteiger partial charge in [-0.3, -0.25) is 9.10 Å². The van der Waals surface area contributed by atoms with Crippen molar-refractivity contribution in [3.05, 3.63) is 84.4 Å². The molecule has 0 saturated carbocycles. The second kappa shape index (κ2) is 11.5. The minimum Gasteiger partial charge on any atom is -0.497 e.